The molecule has 3 aliphatic rings. The number of aryl methyl sites for hydroxylation is 2. The van der Waals surface area contributed by atoms with Gasteiger partial charge in [-0.2, -0.15) is 0 Å². The molecule has 7 heteroatoms. The van der Waals surface area contributed by atoms with Crippen molar-refractivity contribution in [3.63, 3.8) is 0 Å². The molecule has 0 spiro atoms. The van der Waals surface area contributed by atoms with Crippen LogP contribution < -0.4 is 4.74 Å². The van der Waals surface area contributed by atoms with E-state index in [4.69, 9.17) is 4.74 Å². The molecule has 0 unspecified atom stereocenters. The Morgan fingerprint density at radius 3 is 2.67 bits per heavy atom. The van der Waals surface area contributed by atoms with Crippen molar-refractivity contribution in [3.8, 4) is 5.75 Å². The molecule has 5 rings (SSSR count). The molecule has 0 bridgehead atoms. The van der Waals surface area contributed by atoms with Gasteiger partial charge in [-0.15, -0.1) is 0 Å². The topological polar surface area (TPSA) is 80.5 Å². The Morgan fingerprint density at radius 2 is 2.00 bits per heavy atom. The fraction of sp³-hybridized carbons (Fsp3) is 0.609. The van der Waals surface area contributed by atoms with Crippen LogP contribution in [0.2, 0.25) is 0 Å². The number of imidazole rings is 1. The molecule has 30 heavy (non-hydrogen) atoms. The summed E-state index contributed by atoms with van der Waals surface area (Å²) in [6.45, 7) is 6.13. The number of likely N-dealkylation sites (tertiary alicyclic amines) is 1. The van der Waals surface area contributed by atoms with E-state index in [1.165, 1.54) is 0 Å². The van der Waals surface area contributed by atoms with Crippen LogP contribution >= 0.6 is 0 Å². The number of rotatable bonds is 5. The zero-order valence-corrected chi connectivity index (χ0v) is 17.7. The van der Waals surface area contributed by atoms with E-state index in [9.17, 15) is 9.90 Å². The molecular formula is C23H30N4O3. The van der Waals surface area contributed by atoms with Crippen molar-refractivity contribution in [2.24, 2.45) is 17.3 Å². The lowest BCUT2D eigenvalue weighted by Gasteiger charge is -2.35. The number of ether oxygens (including phenoxy) is 1. The van der Waals surface area contributed by atoms with Crippen LogP contribution in [-0.2, 0) is 11.3 Å². The van der Waals surface area contributed by atoms with E-state index in [-0.39, 0.29) is 17.4 Å². The van der Waals surface area contributed by atoms with E-state index in [1.807, 2.05) is 41.6 Å². The summed E-state index contributed by atoms with van der Waals surface area (Å²) in [7, 11) is 0. The minimum absolute atomic E-state index is 0.245. The molecule has 2 aromatic rings. The average molecular weight is 411 g/mol. The van der Waals surface area contributed by atoms with Crippen molar-refractivity contribution in [1.29, 1.82) is 0 Å². The maximum Gasteiger partial charge on any atom is 0.230 e. The minimum atomic E-state index is -0.511. The van der Waals surface area contributed by atoms with Crippen molar-refractivity contribution < 1.29 is 14.6 Å². The summed E-state index contributed by atoms with van der Waals surface area (Å²) in [6, 6.07) is 3.87. The van der Waals surface area contributed by atoms with Crippen LogP contribution in [-0.4, -0.2) is 55.7 Å². The quantitative estimate of drug-likeness (QED) is 0.818. The fourth-order valence-electron chi connectivity index (χ4n) is 5.30. The number of carbonyl (C=O) groups is 1. The highest BCUT2D eigenvalue weighted by Gasteiger charge is 2.54. The normalized spacial score (nSPS) is 29.5. The summed E-state index contributed by atoms with van der Waals surface area (Å²) in [5.74, 6) is 1.75. The zero-order valence-electron chi connectivity index (χ0n) is 17.7. The van der Waals surface area contributed by atoms with E-state index in [2.05, 4.69) is 9.97 Å². The van der Waals surface area contributed by atoms with E-state index >= 15 is 0 Å². The Morgan fingerprint density at radius 1 is 1.23 bits per heavy atom. The molecule has 1 N–H and O–H groups in total. The first-order chi connectivity index (χ1) is 14.4. The largest absolute Gasteiger partial charge is 0.486 e. The van der Waals surface area contributed by atoms with Gasteiger partial charge in [-0.1, -0.05) is 0 Å². The van der Waals surface area contributed by atoms with Gasteiger partial charge < -0.3 is 19.3 Å². The van der Waals surface area contributed by atoms with Gasteiger partial charge in [0.1, 0.15) is 11.9 Å². The number of amides is 1. The fourth-order valence-corrected chi connectivity index (χ4v) is 5.30. The lowest BCUT2D eigenvalue weighted by Crippen LogP contribution is -2.42. The highest BCUT2D eigenvalue weighted by molar-refractivity contribution is 5.85. The van der Waals surface area contributed by atoms with Gasteiger partial charge in [-0.3, -0.25) is 9.78 Å². The molecule has 3 fully saturated rings. The molecular weight excluding hydrogens is 380 g/mol. The summed E-state index contributed by atoms with van der Waals surface area (Å²) in [5, 5.41) is 10.7. The minimum Gasteiger partial charge on any atom is -0.486 e. The van der Waals surface area contributed by atoms with Crippen LogP contribution in [0.25, 0.3) is 0 Å². The van der Waals surface area contributed by atoms with E-state index in [1.54, 1.807) is 12.5 Å². The Hall–Kier alpha value is -2.41. The van der Waals surface area contributed by atoms with Gasteiger partial charge in [0.15, 0.2) is 0 Å². The molecule has 2 aliphatic carbocycles. The molecule has 2 aromatic heterocycles. The van der Waals surface area contributed by atoms with E-state index in [0.717, 1.165) is 49.5 Å². The number of pyridine rings is 1. The molecule has 0 radical (unpaired) electrons. The lowest BCUT2D eigenvalue weighted by molar-refractivity contribution is -0.136. The second-order valence-electron chi connectivity index (χ2n) is 9.48. The summed E-state index contributed by atoms with van der Waals surface area (Å²) < 4.78 is 8.19. The number of aromatic nitrogens is 3. The summed E-state index contributed by atoms with van der Waals surface area (Å²) in [4.78, 5) is 23.9. The summed E-state index contributed by atoms with van der Waals surface area (Å²) in [5.41, 5.74) is 1.55. The third-order valence-corrected chi connectivity index (χ3v) is 7.18. The molecule has 7 nitrogen and oxygen atoms in total. The number of aliphatic hydroxyl groups excluding tert-OH is 1. The third kappa shape index (κ3) is 3.60. The number of carbonyl (C=O) groups excluding carboxylic acids is 1. The molecule has 1 saturated heterocycles. The highest BCUT2D eigenvalue weighted by atomic mass is 16.5. The number of aliphatic hydroxyl groups is 1. The third-order valence-electron chi connectivity index (χ3n) is 7.18. The lowest BCUT2D eigenvalue weighted by atomic mass is 9.78. The standard InChI is InChI=1S/C23H30N4O3/c1-15-3-4-20(16(2)25-15)30-21-10-18-12-27(11-17(18)9-19(21)28)22(29)23(5-6-23)13-26-8-7-24-14-26/h3-4,7-8,14,17-19,21,28H,5-6,9-13H2,1-2H3/t17-,18+,19+,21+/m0/s1. The Kier molecular flexibility index (Phi) is 4.81. The van der Waals surface area contributed by atoms with Crippen molar-refractivity contribution in [1.82, 2.24) is 19.4 Å². The monoisotopic (exact) mass is 410 g/mol. The molecule has 1 aliphatic heterocycles. The van der Waals surface area contributed by atoms with E-state index < -0.39 is 6.10 Å². The van der Waals surface area contributed by atoms with Crippen LogP contribution in [0.15, 0.2) is 30.9 Å². The number of hydrogen-bond donors (Lipinski definition) is 1. The number of fused-ring (bicyclic) bond motifs is 1. The van der Waals surface area contributed by atoms with Crippen LogP contribution in [0.3, 0.4) is 0 Å². The smallest absolute Gasteiger partial charge is 0.230 e. The first-order valence-electron chi connectivity index (χ1n) is 11.0. The molecule has 3 heterocycles. The van der Waals surface area contributed by atoms with Gasteiger partial charge in [0.25, 0.3) is 0 Å². The summed E-state index contributed by atoms with van der Waals surface area (Å²) in [6.07, 6.45) is 8.08. The van der Waals surface area contributed by atoms with Crippen LogP contribution in [0.4, 0.5) is 0 Å². The maximum atomic E-state index is 13.3. The first kappa shape index (κ1) is 19.5. The van der Waals surface area contributed by atoms with Gasteiger partial charge >= 0.3 is 0 Å². The predicted molar refractivity (Wildman–Crippen MR) is 111 cm³/mol. The Balaban J connectivity index is 1.24. The Bertz CT molecular complexity index is 925. The van der Waals surface area contributed by atoms with Gasteiger partial charge in [0, 0.05) is 37.7 Å². The maximum absolute atomic E-state index is 13.3. The second-order valence-corrected chi connectivity index (χ2v) is 9.48. The first-order valence-corrected chi connectivity index (χ1v) is 11.0. The van der Waals surface area contributed by atoms with Crippen molar-refractivity contribution in [2.75, 3.05) is 13.1 Å². The second kappa shape index (κ2) is 7.38. The number of nitrogens with zero attached hydrogens (tertiary/aromatic N) is 4. The average Bonchev–Trinajstić information content (AvgIpc) is 3.10. The summed E-state index contributed by atoms with van der Waals surface area (Å²) >= 11 is 0. The van der Waals surface area contributed by atoms with Crippen molar-refractivity contribution >= 4 is 5.91 Å². The van der Waals surface area contributed by atoms with Crippen LogP contribution in [0.1, 0.15) is 37.1 Å². The van der Waals surface area contributed by atoms with Gasteiger partial charge in [-0.25, -0.2) is 4.98 Å². The molecule has 1 amide bonds. The zero-order chi connectivity index (χ0) is 20.9. The van der Waals surface area contributed by atoms with Crippen molar-refractivity contribution in [3.05, 3.63) is 42.2 Å². The van der Waals surface area contributed by atoms with Gasteiger partial charge in [0.2, 0.25) is 5.91 Å². The van der Waals surface area contributed by atoms with Gasteiger partial charge in [0.05, 0.1) is 23.5 Å². The van der Waals surface area contributed by atoms with Crippen LogP contribution in [0.5, 0.6) is 5.75 Å². The molecule has 160 valence electrons. The molecule has 4 atom stereocenters. The molecule has 0 aromatic carbocycles. The van der Waals surface area contributed by atoms with Crippen LogP contribution in [0, 0.1) is 31.1 Å². The molecule has 2 saturated carbocycles. The van der Waals surface area contributed by atoms with Crippen molar-refractivity contribution in [2.45, 2.75) is 58.3 Å². The SMILES string of the molecule is Cc1ccc(O[C@@H]2C[C@@H]3CN(C(=O)C4(Cn5ccnc5)CC4)C[C@@H]3C[C@H]2O)c(C)n1. The van der Waals surface area contributed by atoms with E-state index in [0.29, 0.717) is 24.8 Å². The number of hydrogen-bond acceptors (Lipinski definition) is 5. The highest BCUT2D eigenvalue weighted by Crippen LogP contribution is 2.50. The van der Waals surface area contributed by atoms with Gasteiger partial charge in [-0.05, 0) is 63.5 Å². The predicted octanol–water partition coefficient (Wildman–Crippen LogP) is 2.35. The Labute approximate surface area is 177 Å².